The zero-order valence-corrected chi connectivity index (χ0v) is 13.9. The van der Waals surface area contributed by atoms with E-state index in [0.717, 1.165) is 16.5 Å². The molecule has 0 unspecified atom stereocenters. The first kappa shape index (κ1) is 15.4. The molecule has 2 aromatic heterocycles. The Morgan fingerprint density at radius 3 is 2.88 bits per heavy atom. The first-order valence-electron chi connectivity index (χ1n) is 8.07. The number of H-pyrrole nitrogens is 1. The lowest BCUT2D eigenvalue weighted by molar-refractivity contribution is -0.130. The van der Waals surface area contributed by atoms with E-state index in [2.05, 4.69) is 10.1 Å². The molecule has 126 valence electrons. The monoisotopic (exact) mass is 335 g/mol. The number of carbonyl (C=O) groups is 1. The van der Waals surface area contributed by atoms with Gasteiger partial charge in [0.25, 0.3) is 5.56 Å². The maximum Gasteiger partial charge on any atom is 0.253 e. The highest BCUT2D eigenvalue weighted by Crippen LogP contribution is 2.32. The van der Waals surface area contributed by atoms with Gasteiger partial charge in [0.15, 0.2) is 0 Å². The number of carbonyl (C=O) groups excluding carboxylic acids is 1. The number of furan rings is 1. The fourth-order valence-electron chi connectivity index (χ4n) is 3.21. The van der Waals surface area contributed by atoms with E-state index >= 15 is 0 Å². The van der Waals surface area contributed by atoms with Crippen molar-refractivity contribution in [1.29, 1.82) is 0 Å². The second kappa shape index (κ2) is 5.73. The molecule has 1 aliphatic heterocycles. The van der Waals surface area contributed by atoms with Crippen LogP contribution >= 0.6 is 0 Å². The lowest BCUT2D eigenvalue weighted by Gasteiger charge is -2.20. The molecule has 6 nitrogen and oxygen atoms in total. The number of fused-ring (bicyclic) bond motifs is 1. The molecule has 3 aromatic rings. The van der Waals surface area contributed by atoms with Crippen LogP contribution in [0.4, 0.5) is 0 Å². The van der Waals surface area contributed by atoms with Crippen LogP contribution in [0, 0.1) is 6.92 Å². The third kappa shape index (κ3) is 2.65. The number of nitrogens with zero attached hydrogens (tertiary/aromatic N) is 2. The van der Waals surface area contributed by atoms with Gasteiger partial charge < -0.3 is 9.40 Å². The van der Waals surface area contributed by atoms with Crippen LogP contribution in [0.3, 0.4) is 0 Å². The van der Waals surface area contributed by atoms with Crippen LogP contribution in [0.25, 0.3) is 10.9 Å². The van der Waals surface area contributed by atoms with Crippen LogP contribution in [-0.2, 0) is 4.79 Å². The lowest BCUT2D eigenvalue weighted by Crippen LogP contribution is -2.29. The average molecular weight is 335 g/mol. The second-order valence-corrected chi connectivity index (χ2v) is 6.25. The zero-order valence-electron chi connectivity index (χ0n) is 13.9. The van der Waals surface area contributed by atoms with E-state index in [1.807, 2.05) is 31.2 Å². The molecule has 1 amide bonds. The summed E-state index contributed by atoms with van der Waals surface area (Å²) in [5, 5.41) is 6.67. The summed E-state index contributed by atoms with van der Waals surface area (Å²) in [6.07, 6.45) is 2.00. The second-order valence-electron chi connectivity index (χ2n) is 6.25. The van der Waals surface area contributed by atoms with Crippen LogP contribution in [-0.4, -0.2) is 21.6 Å². The first-order valence-corrected chi connectivity index (χ1v) is 8.07. The van der Waals surface area contributed by atoms with Gasteiger partial charge in [0.2, 0.25) is 5.91 Å². The van der Waals surface area contributed by atoms with Gasteiger partial charge in [-0.15, -0.1) is 0 Å². The van der Waals surface area contributed by atoms with Crippen molar-refractivity contribution < 1.29 is 9.21 Å². The minimum absolute atomic E-state index is 0.203. The minimum Gasteiger partial charge on any atom is -0.463 e. The van der Waals surface area contributed by atoms with Crippen LogP contribution < -0.4 is 5.56 Å². The molecular formula is C19H17N3O3. The quantitative estimate of drug-likeness (QED) is 0.781. The van der Waals surface area contributed by atoms with Gasteiger partial charge in [-0.25, -0.2) is 5.01 Å². The molecule has 0 bridgehead atoms. The summed E-state index contributed by atoms with van der Waals surface area (Å²) in [5.74, 6) is 0.400. The molecular weight excluding hydrogens is 318 g/mol. The van der Waals surface area contributed by atoms with Gasteiger partial charge in [-0.2, -0.15) is 5.10 Å². The van der Waals surface area contributed by atoms with E-state index in [-0.39, 0.29) is 11.5 Å². The van der Waals surface area contributed by atoms with E-state index in [4.69, 9.17) is 4.42 Å². The largest absolute Gasteiger partial charge is 0.463 e. The summed E-state index contributed by atoms with van der Waals surface area (Å²) in [5.41, 5.74) is 2.84. The Balaban J connectivity index is 1.79. The number of benzene rings is 1. The molecule has 0 saturated heterocycles. The lowest BCUT2D eigenvalue weighted by atomic mass is 10.00. The Hall–Kier alpha value is -3.15. The number of hydrazone groups is 1. The van der Waals surface area contributed by atoms with Crippen molar-refractivity contribution in [3.8, 4) is 0 Å². The van der Waals surface area contributed by atoms with E-state index < -0.39 is 6.04 Å². The van der Waals surface area contributed by atoms with Gasteiger partial charge in [0.1, 0.15) is 11.5 Å². The maximum absolute atomic E-state index is 12.6. The smallest absolute Gasteiger partial charge is 0.253 e. The predicted molar refractivity (Wildman–Crippen MR) is 94.4 cm³/mol. The number of aromatic amines is 1. The van der Waals surface area contributed by atoms with Gasteiger partial charge in [-0.3, -0.25) is 9.59 Å². The molecule has 0 aliphatic carbocycles. The van der Waals surface area contributed by atoms with E-state index in [9.17, 15) is 9.59 Å². The van der Waals surface area contributed by atoms with Gasteiger partial charge in [-0.1, -0.05) is 12.1 Å². The number of aromatic nitrogens is 1. The Kier molecular flexibility index (Phi) is 3.53. The number of nitrogens with one attached hydrogen (secondary N) is 1. The Labute approximate surface area is 143 Å². The van der Waals surface area contributed by atoms with Crippen LogP contribution in [0.1, 0.15) is 36.3 Å². The Morgan fingerprint density at radius 1 is 1.32 bits per heavy atom. The Bertz CT molecular complexity index is 1050. The van der Waals surface area contributed by atoms with Crippen molar-refractivity contribution in [3.63, 3.8) is 0 Å². The van der Waals surface area contributed by atoms with Gasteiger partial charge in [0.05, 0.1) is 12.3 Å². The SMILES string of the molecule is CC(=O)N1N=C(c2ccco2)C[C@@H]1c1cc2ccc(C)cc2[nH]c1=O. The summed E-state index contributed by atoms with van der Waals surface area (Å²) < 4.78 is 5.39. The molecule has 6 heteroatoms. The molecule has 25 heavy (non-hydrogen) atoms. The summed E-state index contributed by atoms with van der Waals surface area (Å²) in [6.45, 7) is 3.42. The van der Waals surface area contributed by atoms with Crippen molar-refractivity contribution in [2.24, 2.45) is 5.10 Å². The van der Waals surface area contributed by atoms with Crippen LogP contribution in [0.5, 0.6) is 0 Å². The zero-order chi connectivity index (χ0) is 17.6. The fraction of sp³-hybridized carbons (Fsp3) is 0.211. The number of amides is 1. The average Bonchev–Trinajstić information content (AvgIpc) is 3.23. The molecule has 1 N–H and O–H groups in total. The van der Waals surface area contributed by atoms with Crippen molar-refractivity contribution in [2.75, 3.05) is 0 Å². The predicted octanol–water partition coefficient (Wildman–Crippen LogP) is 3.13. The maximum atomic E-state index is 12.6. The molecule has 3 heterocycles. The summed E-state index contributed by atoms with van der Waals surface area (Å²) in [4.78, 5) is 27.6. The Morgan fingerprint density at radius 2 is 2.16 bits per heavy atom. The molecule has 0 radical (unpaired) electrons. The molecule has 0 saturated carbocycles. The molecule has 1 aliphatic rings. The van der Waals surface area contributed by atoms with Crippen molar-refractivity contribution in [3.05, 3.63) is 69.9 Å². The fourth-order valence-corrected chi connectivity index (χ4v) is 3.21. The number of hydrogen-bond acceptors (Lipinski definition) is 4. The molecule has 0 fully saturated rings. The normalized spacial score (nSPS) is 17.1. The highest BCUT2D eigenvalue weighted by molar-refractivity contribution is 6.01. The van der Waals surface area contributed by atoms with E-state index in [0.29, 0.717) is 23.5 Å². The number of hydrogen-bond donors (Lipinski definition) is 1. The van der Waals surface area contributed by atoms with E-state index in [1.165, 1.54) is 11.9 Å². The first-order chi connectivity index (χ1) is 12.0. The van der Waals surface area contributed by atoms with Crippen molar-refractivity contribution in [2.45, 2.75) is 26.3 Å². The highest BCUT2D eigenvalue weighted by atomic mass is 16.3. The highest BCUT2D eigenvalue weighted by Gasteiger charge is 2.34. The number of pyridine rings is 1. The molecule has 4 rings (SSSR count). The van der Waals surface area contributed by atoms with Crippen LogP contribution in [0.15, 0.2) is 57.0 Å². The minimum atomic E-state index is -0.438. The van der Waals surface area contributed by atoms with Crippen LogP contribution in [0.2, 0.25) is 0 Å². The number of rotatable bonds is 2. The molecule has 0 spiro atoms. The third-order valence-corrected chi connectivity index (χ3v) is 4.43. The molecule has 1 atom stereocenters. The topological polar surface area (TPSA) is 78.7 Å². The number of aryl methyl sites for hydroxylation is 1. The summed E-state index contributed by atoms with van der Waals surface area (Å²) >= 11 is 0. The van der Waals surface area contributed by atoms with Gasteiger partial charge in [-0.05, 0) is 42.1 Å². The standard InChI is InChI=1S/C19H17N3O3/c1-11-5-6-13-9-14(19(24)20-15(13)8-11)17-10-16(18-4-3-7-25-18)21-22(17)12(2)23/h3-9,17H,10H2,1-2H3,(H,20,24)/t17-/m1/s1. The summed E-state index contributed by atoms with van der Waals surface area (Å²) in [6, 6.07) is 10.9. The summed E-state index contributed by atoms with van der Waals surface area (Å²) in [7, 11) is 0. The van der Waals surface area contributed by atoms with Gasteiger partial charge in [0, 0.05) is 24.4 Å². The van der Waals surface area contributed by atoms with Crippen molar-refractivity contribution >= 4 is 22.5 Å². The van der Waals surface area contributed by atoms with Crippen molar-refractivity contribution in [1.82, 2.24) is 9.99 Å². The molecule has 1 aromatic carbocycles. The van der Waals surface area contributed by atoms with E-state index in [1.54, 1.807) is 18.4 Å². The van der Waals surface area contributed by atoms with Gasteiger partial charge >= 0.3 is 0 Å². The third-order valence-electron chi connectivity index (χ3n) is 4.43.